The van der Waals surface area contributed by atoms with Crippen molar-refractivity contribution in [2.24, 2.45) is 17.3 Å². The summed E-state index contributed by atoms with van der Waals surface area (Å²) in [7, 11) is 0. The summed E-state index contributed by atoms with van der Waals surface area (Å²) in [4.78, 5) is 17.5. The molecule has 1 aliphatic heterocycles. The highest BCUT2D eigenvalue weighted by molar-refractivity contribution is 5.73. The van der Waals surface area contributed by atoms with E-state index in [2.05, 4.69) is 25.8 Å². The maximum Gasteiger partial charge on any atom is 0.309 e. The van der Waals surface area contributed by atoms with Gasteiger partial charge in [0, 0.05) is 12.1 Å². The van der Waals surface area contributed by atoms with E-state index in [1.54, 1.807) is 6.20 Å². The number of aromatic nitrogens is 1. The molecule has 2 heterocycles. The van der Waals surface area contributed by atoms with Crippen LogP contribution < -0.4 is 0 Å². The number of carbonyl (C=O) groups excluding carboxylic acids is 1. The fourth-order valence-electron chi connectivity index (χ4n) is 4.79. The number of pyridine rings is 1. The van der Waals surface area contributed by atoms with E-state index < -0.39 is 17.5 Å². The summed E-state index contributed by atoms with van der Waals surface area (Å²) in [6, 6.07) is 1.41. The third kappa shape index (κ3) is 11.7. The second-order valence-corrected chi connectivity index (χ2v) is 13.9. The molecule has 7 heteroatoms. The van der Waals surface area contributed by atoms with E-state index in [1.807, 2.05) is 60.6 Å². The lowest BCUT2D eigenvalue weighted by atomic mass is 9.82. The molecule has 0 radical (unpaired) electrons. The molecule has 222 valence electrons. The molecule has 0 amide bonds. The lowest BCUT2D eigenvalue weighted by Gasteiger charge is -2.34. The van der Waals surface area contributed by atoms with E-state index in [0.29, 0.717) is 37.9 Å². The van der Waals surface area contributed by atoms with E-state index in [4.69, 9.17) is 14.2 Å². The molecule has 1 aromatic heterocycles. The number of aliphatic hydroxyl groups is 1. The number of ether oxygens (including phenoxy) is 3. The van der Waals surface area contributed by atoms with Gasteiger partial charge in [-0.15, -0.1) is 0 Å². The van der Waals surface area contributed by atoms with Gasteiger partial charge < -0.3 is 19.3 Å². The number of rotatable bonds is 10. The summed E-state index contributed by atoms with van der Waals surface area (Å²) in [6.45, 7) is 20.3. The quantitative estimate of drug-likeness (QED) is 0.306. The maximum atomic E-state index is 14.8. The molecule has 0 spiro atoms. The lowest BCUT2D eigenvalue weighted by Crippen LogP contribution is -2.40. The van der Waals surface area contributed by atoms with E-state index in [9.17, 15) is 14.3 Å². The predicted octanol–water partition coefficient (Wildman–Crippen LogP) is 7.44. The molecule has 0 aliphatic carbocycles. The first kappa shape index (κ1) is 33.4. The first-order chi connectivity index (χ1) is 17.9. The van der Waals surface area contributed by atoms with Gasteiger partial charge in [0.25, 0.3) is 0 Å². The minimum Gasteiger partial charge on any atom is -0.460 e. The average molecular weight is 550 g/mol. The molecule has 0 bridgehead atoms. The van der Waals surface area contributed by atoms with Crippen LogP contribution in [0.5, 0.6) is 0 Å². The first-order valence-electron chi connectivity index (χ1n) is 14.4. The Morgan fingerprint density at radius 1 is 1.23 bits per heavy atom. The Balaban J connectivity index is 2.15. The van der Waals surface area contributed by atoms with Crippen LogP contribution in [0, 0.1) is 23.1 Å². The van der Waals surface area contributed by atoms with E-state index in [0.717, 1.165) is 6.42 Å². The van der Waals surface area contributed by atoms with Gasteiger partial charge >= 0.3 is 5.97 Å². The smallest absolute Gasteiger partial charge is 0.309 e. The predicted molar refractivity (Wildman–Crippen MR) is 154 cm³/mol. The Morgan fingerprint density at radius 3 is 2.46 bits per heavy atom. The molecule has 4 atom stereocenters. The van der Waals surface area contributed by atoms with Crippen LogP contribution in [0.3, 0.4) is 0 Å². The van der Waals surface area contributed by atoms with Gasteiger partial charge in [-0.25, -0.2) is 4.39 Å². The summed E-state index contributed by atoms with van der Waals surface area (Å²) in [6.07, 6.45) is 6.97. The number of hydrogen-bond donors (Lipinski definition) is 1. The van der Waals surface area contributed by atoms with Crippen molar-refractivity contribution in [2.75, 3.05) is 6.61 Å². The zero-order chi connectivity index (χ0) is 29.6. The van der Waals surface area contributed by atoms with Crippen molar-refractivity contribution in [3.05, 3.63) is 35.4 Å². The molecular formula is C32H52FNO5. The Bertz CT molecular complexity index is 960. The molecule has 2 rings (SSSR count). The SMILES string of the molecule is CC(C)OC(CCCC(O)c1ncc(C=CC(C)(C)C)cc1F)[C@@H]1COC(C)(C)CCC1C(=O)OC(C)(C)C. The van der Waals surface area contributed by atoms with Crippen LogP contribution >= 0.6 is 0 Å². The highest BCUT2D eigenvalue weighted by atomic mass is 19.1. The van der Waals surface area contributed by atoms with Gasteiger partial charge in [0.15, 0.2) is 0 Å². The van der Waals surface area contributed by atoms with Crippen molar-refractivity contribution in [3.8, 4) is 0 Å². The molecule has 3 unspecified atom stereocenters. The second-order valence-electron chi connectivity index (χ2n) is 13.9. The minimum atomic E-state index is -1.03. The minimum absolute atomic E-state index is 0.0239. The van der Waals surface area contributed by atoms with Crippen LogP contribution in [-0.2, 0) is 19.0 Å². The monoisotopic (exact) mass is 549 g/mol. The zero-order valence-electron chi connectivity index (χ0n) is 25.8. The Kier molecular flexibility index (Phi) is 11.7. The van der Waals surface area contributed by atoms with Crippen molar-refractivity contribution >= 4 is 12.0 Å². The molecule has 39 heavy (non-hydrogen) atoms. The van der Waals surface area contributed by atoms with Gasteiger partial charge in [0.05, 0.1) is 36.4 Å². The molecule has 6 nitrogen and oxygen atoms in total. The van der Waals surface area contributed by atoms with Gasteiger partial charge in [-0.1, -0.05) is 32.9 Å². The van der Waals surface area contributed by atoms with Gasteiger partial charge in [-0.05, 0) is 97.6 Å². The normalized spacial score (nSPS) is 22.1. The summed E-state index contributed by atoms with van der Waals surface area (Å²) in [5, 5.41) is 10.8. The maximum absolute atomic E-state index is 14.8. The molecule has 1 N–H and O–H groups in total. The Hall–Kier alpha value is -1.83. The highest BCUT2D eigenvalue weighted by Gasteiger charge is 2.42. The van der Waals surface area contributed by atoms with Gasteiger partial charge in [0.2, 0.25) is 0 Å². The van der Waals surface area contributed by atoms with E-state index >= 15 is 0 Å². The Labute approximate surface area is 235 Å². The van der Waals surface area contributed by atoms with Crippen LogP contribution in [0.15, 0.2) is 18.3 Å². The van der Waals surface area contributed by atoms with Crippen LogP contribution in [-0.4, -0.2) is 46.1 Å². The number of hydrogen-bond acceptors (Lipinski definition) is 6. The number of nitrogens with zero attached hydrogens (tertiary/aromatic N) is 1. The van der Waals surface area contributed by atoms with Crippen molar-refractivity contribution < 1.29 is 28.5 Å². The summed E-state index contributed by atoms with van der Waals surface area (Å²) in [5.41, 5.74) is -0.240. The zero-order valence-corrected chi connectivity index (χ0v) is 25.8. The number of esters is 1. The summed E-state index contributed by atoms with van der Waals surface area (Å²) >= 11 is 0. The van der Waals surface area contributed by atoms with E-state index in [-0.39, 0.29) is 46.7 Å². The fourth-order valence-corrected chi connectivity index (χ4v) is 4.79. The number of carbonyl (C=O) groups is 1. The van der Waals surface area contributed by atoms with Crippen molar-refractivity contribution in [1.82, 2.24) is 4.98 Å². The lowest BCUT2D eigenvalue weighted by molar-refractivity contribution is -0.167. The number of allylic oxidation sites excluding steroid dienone is 1. The molecule has 1 aromatic rings. The second kappa shape index (κ2) is 13.7. The van der Waals surface area contributed by atoms with Crippen molar-refractivity contribution in [2.45, 2.75) is 131 Å². The topological polar surface area (TPSA) is 77.9 Å². The van der Waals surface area contributed by atoms with Gasteiger partial charge in [-0.2, -0.15) is 0 Å². The highest BCUT2D eigenvalue weighted by Crippen LogP contribution is 2.37. The number of aliphatic hydroxyl groups excluding tert-OH is 1. The van der Waals surface area contributed by atoms with Crippen LogP contribution in [0.4, 0.5) is 4.39 Å². The Morgan fingerprint density at radius 2 is 1.90 bits per heavy atom. The van der Waals surface area contributed by atoms with Gasteiger partial charge in [-0.3, -0.25) is 9.78 Å². The van der Waals surface area contributed by atoms with Gasteiger partial charge in [0.1, 0.15) is 17.1 Å². The first-order valence-corrected chi connectivity index (χ1v) is 14.4. The molecular weight excluding hydrogens is 497 g/mol. The average Bonchev–Trinajstić information content (AvgIpc) is 2.93. The molecule has 0 aromatic carbocycles. The summed E-state index contributed by atoms with van der Waals surface area (Å²) in [5.74, 6) is -1.28. The van der Waals surface area contributed by atoms with Crippen LogP contribution in [0.2, 0.25) is 0 Å². The standard InChI is InChI=1S/C32H52FNO5/c1-21(2)38-27(24-20-37-32(9,10)17-15-23(24)29(36)39-31(6,7)8)13-11-12-26(35)28-25(33)18-22(19-34-28)14-16-30(3,4)5/h14,16,18-19,21,23-24,26-27,35H,11-13,15,17,20H2,1-10H3/t23?,24-,26?,27?/m1/s1. The van der Waals surface area contributed by atoms with Crippen LogP contribution in [0.1, 0.15) is 119 Å². The summed E-state index contributed by atoms with van der Waals surface area (Å²) < 4.78 is 33.2. The molecule has 1 saturated heterocycles. The molecule has 1 fully saturated rings. The fraction of sp³-hybridized carbons (Fsp3) is 0.750. The molecule has 1 aliphatic rings. The number of halogens is 1. The van der Waals surface area contributed by atoms with Crippen molar-refractivity contribution in [1.29, 1.82) is 0 Å². The largest absolute Gasteiger partial charge is 0.460 e. The van der Waals surface area contributed by atoms with Crippen LogP contribution in [0.25, 0.3) is 6.08 Å². The molecule has 0 saturated carbocycles. The van der Waals surface area contributed by atoms with E-state index in [1.165, 1.54) is 6.07 Å². The third-order valence-electron chi connectivity index (χ3n) is 6.82. The third-order valence-corrected chi connectivity index (χ3v) is 6.82. The van der Waals surface area contributed by atoms with Crippen molar-refractivity contribution in [3.63, 3.8) is 0 Å².